The van der Waals surface area contributed by atoms with Crippen LogP contribution in [0.1, 0.15) is 147 Å². The van der Waals surface area contributed by atoms with E-state index in [-0.39, 0.29) is 89.4 Å². The SMILES string of the molecule is C=S(=O)(c1cn(C)nn1)N(CC(F)(F)F)[C@H]1CCC2=Cc3c(cnn3-c3ccc(F)cc3)C[C@]2(C(=O)c2cc(C(F)(F)F)ccn2)C1.C=S(=O)(c1ncn(C)n1)N(CC1CC1)[C@H]1CCC2=Cc3c(cnn3-c3ccc(F)cc3)C[C@]2(C(=O)c2cc(C(F)(F)F)ccn2)C1.Cn1cc(S(=O)(=O)[C@H]2CCC3=Cc4c(cnn4-c4ccc(F)cc4)C[C@]3(C(=O)c3cc(Cl)ccn3)C2)cn1. The van der Waals surface area contributed by atoms with Gasteiger partial charge in [-0.3, -0.25) is 43.4 Å². The molecule has 0 saturated heterocycles. The summed E-state index contributed by atoms with van der Waals surface area (Å²) < 4.78 is 232. The van der Waals surface area contributed by atoms with E-state index in [2.05, 4.69) is 67.5 Å². The number of hydrogen-bond donors (Lipinski definition) is 0. The molecule has 3 aromatic carbocycles. The standard InChI is InChI=1S/C32H31F4N7O2S.C30H26F7N7O2S.C27H23ClFN5O3S/c1-41-19-38-30(40-41)46(2,45)42(18-20-3-4-20)26-8-5-22-14-28-21(17-39-43(28)25-9-6-24(33)7-10-25)15-31(22,16-26)29(44)27-13-23(11-12-37-27)32(34,35)36;1-42-16-26(40-41-42)47(2,46)43(17-29(32,33)34)23-6-3-19-12-25-18(15-39-44(25)22-7-4-21(31)5-8-22)13-28(19,14-23)27(45)24-11-20(9-10-38-24)30(35,36)37;1-33-16-23(15-31-33)38(36,37)22-7-2-18-10-25-17(14-32-34(25)21-5-3-20(29)4-6-21)12-27(18,13-22)26(35)24-11-19(28)8-9-30-24/h6-7,9-14,17,19-20,26H,2-5,8,15-16,18H2,1H3;4-5,7-12,15-16,23H,2-3,6,13-14,17H2,1H3;3-6,8-11,14-16,22H,2,7,12-13H2,1H3/t26-,31-,46?;23-,28-,47?;22-,27-/m000/s1. The molecule has 0 N–H and O–H groups in total. The fraction of sp³-hybridized carbons (Fsp3) is 0.326. The van der Waals surface area contributed by atoms with Crippen molar-refractivity contribution in [2.24, 2.45) is 43.3 Å². The summed E-state index contributed by atoms with van der Waals surface area (Å²) in [5.74, 6) is 5.18. The first kappa shape index (κ1) is 90.7. The summed E-state index contributed by atoms with van der Waals surface area (Å²) in [5.41, 5.74) is 1.07. The highest BCUT2D eigenvalue weighted by Crippen LogP contribution is 2.56. The number of ketones is 3. The number of rotatable bonds is 20. The number of pyridine rings is 3. The van der Waals surface area contributed by atoms with Gasteiger partial charge in [0, 0.05) is 69.6 Å². The Labute approximate surface area is 747 Å². The average molecular weight is 1890 g/mol. The molecular weight excluding hydrogens is 1810 g/mol. The van der Waals surface area contributed by atoms with Crippen molar-refractivity contribution in [1.29, 1.82) is 0 Å². The van der Waals surface area contributed by atoms with Gasteiger partial charge >= 0.3 is 18.5 Å². The molecule has 0 bridgehead atoms. The number of carbonyl (C=O) groups is 3. The highest BCUT2D eigenvalue weighted by atomic mass is 35.5. The Kier molecular flexibility index (Phi) is 23.7. The zero-order valence-corrected chi connectivity index (χ0v) is 73.1. The molecule has 0 amide bonds. The summed E-state index contributed by atoms with van der Waals surface area (Å²) in [5, 5.41) is 28.6. The predicted octanol–water partition coefficient (Wildman–Crippen LogP) is 15.4. The van der Waals surface area contributed by atoms with Crippen molar-refractivity contribution in [2.75, 3.05) is 13.1 Å². The van der Waals surface area contributed by atoms with Gasteiger partial charge in [-0.2, -0.15) is 59.9 Å². The Morgan fingerprint density at radius 2 is 0.924 bits per heavy atom. The second kappa shape index (κ2) is 34.2. The minimum atomic E-state index is -4.84. The van der Waals surface area contributed by atoms with Gasteiger partial charge in [-0.1, -0.05) is 33.5 Å². The van der Waals surface area contributed by atoms with Gasteiger partial charge in [0.2, 0.25) is 5.16 Å². The van der Waals surface area contributed by atoms with Crippen molar-refractivity contribution in [3.05, 3.63) is 272 Å². The second-order valence-corrected chi connectivity index (χ2v) is 40.8. The molecule has 26 nitrogen and oxygen atoms in total. The number of nitrogens with zero attached hydrogens (tertiary/aromatic N) is 19. The van der Waals surface area contributed by atoms with E-state index in [1.807, 2.05) is 16.5 Å². The molecule has 4 fully saturated rings. The smallest absolute Gasteiger partial charge is 0.291 e. The quantitative estimate of drug-likeness (QED) is 0.0389. The minimum Gasteiger partial charge on any atom is -0.291 e. The number of benzene rings is 3. The molecule has 42 heteroatoms. The number of halogens is 13. The molecule has 9 aromatic heterocycles. The van der Waals surface area contributed by atoms with Crippen LogP contribution in [0.25, 0.3) is 35.3 Å². The summed E-state index contributed by atoms with van der Waals surface area (Å²) in [4.78, 5) is 60.0. The molecule has 131 heavy (non-hydrogen) atoms. The van der Waals surface area contributed by atoms with Crippen LogP contribution in [-0.2, 0) is 82.0 Å². The first-order valence-electron chi connectivity index (χ1n) is 41.2. The number of carbonyl (C=O) groups excluding carboxylic acids is 3. The second-order valence-electron chi connectivity index (χ2n) is 33.8. The number of alkyl halides is 9. The largest absolute Gasteiger partial charge is 0.416 e. The summed E-state index contributed by atoms with van der Waals surface area (Å²) in [6.45, 7) is -1.18. The fourth-order valence-electron chi connectivity index (χ4n) is 18.7. The summed E-state index contributed by atoms with van der Waals surface area (Å²) in [6.07, 6.45) is 8.65. The van der Waals surface area contributed by atoms with E-state index >= 15 is 0 Å². The molecule has 7 aliphatic carbocycles. The van der Waals surface area contributed by atoms with Crippen LogP contribution >= 0.6 is 11.6 Å². The maximum atomic E-state index is 14.6. The third-order valence-electron chi connectivity index (χ3n) is 25.3. The van der Waals surface area contributed by atoms with Gasteiger partial charge in [-0.15, -0.1) is 10.2 Å². The lowest BCUT2D eigenvalue weighted by atomic mass is 9.60. The maximum absolute atomic E-state index is 14.6. The highest BCUT2D eigenvalue weighted by Gasteiger charge is 2.57. The van der Waals surface area contributed by atoms with E-state index in [4.69, 9.17) is 11.6 Å². The van der Waals surface area contributed by atoms with Gasteiger partial charge in [-0.05, 0) is 252 Å². The number of Topliss-reactive ketones (excluding diaryl/α,β-unsaturated/α-hetero) is 3. The van der Waals surface area contributed by atoms with Crippen LogP contribution < -0.4 is 0 Å². The monoisotopic (exact) mass is 1890 g/mol. The zero-order valence-electron chi connectivity index (χ0n) is 69.9. The third kappa shape index (κ3) is 17.7. The maximum Gasteiger partial charge on any atom is 0.416 e. The summed E-state index contributed by atoms with van der Waals surface area (Å²) >= 11 is 6.20. The minimum absolute atomic E-state index is 0.000245. The molecule has 2 unspecified atom stereocenters. The Balaban J connectivity index is 0.000000138. The third-order valence-corrected chi connectivity index (χ3v) is 31.6. The predicted molar refractivity (Wildman–Crippen MR) is 458 cm³/mol. The fourth-order valence-corrected chi connectivity index (χ4v) is 24.2. The first-order valence-corrected chi connectivity index (χ1v) is 46.5. The van der Waals surface area contributed by atoms with E-state index in [9.17, 15) is 83.9 Å². The van der Waals surface area contributed by atoms with Crippen LogP contribution in [0.3, 0.4) is 0 Å². The molecule has 0 spiro atoms. The van der Waals surface area contributed by atoms with Crippen molar-refractivity contribution in [3.8, 4) is 17.1 Å². The molecule has 0 radical (unpaired) electrons. The van der Waals surface area contributed by atoms with Crippen LogP contribution in [-0.4, -0.2) is 175 Å². The van der Waals surface area contributed by atoms with Crippen molar-refractivity contribution in [3.63, 3.8) is 0 Å². The lowest BCUT2D eigenvalue weighted by Crippen LogP contribution is -2.52. The topological polar surface area (TPSA) is 297 Å². The van der Waals surface area contributed by atoms with Crippen LogP contribution in [0, 0.1) is 39.6 Å². The van der Waals surface area contributed by atoms with Gasteiger partial charge in [0.15, 0.2) is 32.2 Å². The highest BCUT2D eigenvalue weighted by molar-refractivity contribution is 7.98. The van der Waals surface area contributed by atoms with Gasteiger partial charge in [0.1, 0.15) is 52.3 Å². The van der Waals surface area contributed by atoms with E-state index in [0.29, 0.717) is 105 Å². The Bertz CT molecular complexity index is 6960. The van der Waals surface area contributed by atoms with Crippen molar-refractivity contribution in [2.45, 2.75) is 141 Å². The normalized spacial score (nSPS) is 21.6. The van der Waals surface area contributed by atoms with Crippen molar-refractivity contribution in [1.82, 2.24) is 92.4 Å². The number of aromatic nitrogens is 17. The Morgan fingerprint density at radius 1 is 0.496 bits per heavy atom. The molecule has 19 rings (SSSR count). The van der Waals surface area contributed by atoms with Gasteiger partial charge in [0.05, 0.1) is 117 Å². The molecule has 4 saturated carbocycles. The molecule has 682 valence electrons. The average Bonchev–Trinajstić information content (AvgIpc) is 1.69. The lowest BCUT2D eigenvalue weighted by molar-refractivity contribution is -0.140. The summed E-state index contributed by atoms with van der Waals surface area (Å²) in [7, 11) is -6.03. The molecule has 12 aromatic rings. The number of fused-ring (bicyclic) bond motifs is 6. The van der Waals surface area contributed by atoms with Crippen LogP contribution in [0.4, 0.5) is 52.7 Å². The lowest BCUT2D eigenvalue weighted by Gasteiger charge is -2.47. The number of aryl methyl sites for hydroxylation is 3. The number of sulfone groups is 1. The van der Waals surface area contributed by atoms with Crippen LogP contribution in [0.15, 0.2) is 203 Å². The van der Waals surface area contributed by atoms with Crippen molar-refractivity contribution >= 4 is 88.2 Å². The van der Waals surface area contributed by atoms with Crippen molar-refractivity contribution < 1.29 is 83.9 Å². The first-order chi connectivity index (χ1) is 62.0. The summed E-state index contributed by atoms with van der Waals surface area (Å²) in [6, 6.07) is 21.8. The van der Waals surface area contributed by atoms with Gasteiger partial charge in [-0.25, -0.2) is 57.6 Å². The van der Waals surface area contributed by atoms with E-state index in [1.165, 1.54) is 118 Å². The van der Waals surface area contributed by atoms with Crippen LogP contribution in [0.5, 0.6) is 0 Å². The van der Waals surface area contributed by atoms with Crippen LogP contribution in [0.2, 0.25) is 5.02 Å². The zero-order chi connectivity index (χ0) is 93.0. The van der Waals surface area contributed by atoms with Gasteiger partial charge in [0.25, 0.3) is 0 Å². The molecular formula is C89H80ClF12N19O7S3. The van der Waals surface area contributed by atoms with E-state index in [1.54, 1.807) is 72.3 Å². The Hall–Kier alpha value is -12.2. The van der Waals surface area contributed by atoms with E-state index in [0.717, 1.165) is 59.8 Å². The molecule has 0 aliphatic heterocycles. The number of hydrogen-bond acceptors (Lipinski definition) is 18. The Morgan fingerprint density at radius 3 is 1.31 bits per heavy atom. The molecule has 9 heterocycles. The number of allylic oxidation sites excluding steroid dienone is 3. The molecule has 8 atom stereocenters. The molecule has 7 aliphatic rings. The van der Waals surface area contributed by atoms with Gasteiger partial charge < -0.3 is 0 Å². The van der Waals surface area contributed by atoms with E-state index < -0.39 is 128 Å².